The third kappa shape index (κ3) is 3.61. The molecule has 8 heteroatoms. The van der Waals surface area contributed by atoms with Gasteiger partial charge in [-0.1, -0.05) is 26.0 Å². The van der Waals surface area contributed by atoms with Gasteiger partial charge >= 0.3 is 0 Å². The van der Waals surface area contributed by atoms with Crippen LogP contribution in [0.15, 0.2) is 53.6 Å². The minimum Gasteiger partial charge on any atom is -0.360 e. The van der Waals surface area contributed by atoms with Crippen LogP contribution in [0, 0.1) is 5.82 Å². The zero-order valence-electron chi connectivity index (χ0n) is 14.2. The van der Waals surface area contributed by atoms with Crippen LogP contribution in [0.2, 0.25) is 0 Å². The quantitative estimate of drug-likeness (QED) is 0.599. The van der Waals surface area contributed by atoms with Gasteiger partial charge in [0.2, 0.25) is 0 Å². The molecule has 0 unspecified atom stereocenters. The molecule has 3 aromatic rings. The van der Waals surface area contributed by atoms with Crippen LogP contribution < -0.4 is 10.3 Å². The third-order valence-electron chi connectivity index (χ3n) is 4.04. The predicted octanol–water partition coefficient (Wildman–Crippen LogP) is 3.05. The molecule has 1 heterocycles. The Balaban J connectivity index is 1.76. The van der Waals surface area contributed by atoms with Crippen molar-refractivity contribution in [2.45, 2.75) is 24.7 Å². The van der Waals surface area contributed by atoms with Crippen molar-refractivity contribution in [3.63, 3.8) is 0 Å². The highest BCUT2D eigenvalue weighted by Gasteiger charge is 2.18. The molecule has 0 saturated carbocycles. The smallest absolute Gasteiger partial charge is 0.268 e. The molecule has 2 aromatic carbocycles. The summed E-state index contributed by atoms with van der Waals surface area (Å²) in [4.78, 5) is 17.2. The highest BCUT2D eigenvalue weighted by atomic mass is 32.2. The van der Waals surface area contributed by atoms with Gasteiger partial charge in [-0.25, -0.2) is 12.8 Å². The van der Waals surface area contributed by atoms with Crippen molar-refractivity contribution in [2.75, 3.05) is 0 Å². The molecule has 26 heavy (non-hydrogen) atoms. The Labute approximate surface area is 150 Å². The molecule has 0 spiro atoms. The zero-order chi connectivity index (χ0) is 18.9. The Hall–Kier alpha value is -2.71. The number of benzene rings is 2. The minimum atomic E-state index is -3.92. The van der Waals surface area contributed by atoms with Gasteiger partial charge in [0.1, 0.15) is 5.82 Å². The Bertz CT molecular complexity index is 1060. The van der Waals surface area contributed by atoms with E-state index in [1.54, 1.807) is 12.1 Å². The molecule has 0 aliphatic rings. The van der Waals surface area contributed by atoms with E-state index in [4.69, 9.17) is 0 Å². The van der Waals surface area contributed by atoms with E-state index < -0.39 is 21.7 Å². The number of aromatic amines is 1. The molecule has 0 aliphatic carbocycles. The number of carbonyl (C=O) groups excluding carboxylic acids is 1. The summed E-state index contributed by atoms with van der Waals surface area (Å²) < 4.78 is 38.0. The first-order valence-corrected chi connectivity index (χ1v) is 9.45. The number of aromatic nitrogens is 1. The van der Waals surface area contributed by atoms with Gasteiger partial charge in [-0.05, 0) is 41.8 Å². The lowest BCUT2D eigenvalue weighted by Crippen LogP contribution is -2.41. The van der Waals surface area contributed by atoms with Gasteiger partial charge in [0.05, 0.1) is 10.5 Å². The van der Waals surface area contributed by atoms with Crippen LogP contribution in [0.4, 0.5) is 4.39 Å². The average molecular weight is 375 g/mol. The van der Waals surface area contributed by atoms with Crippen molar-refractivity contribution in [2.24, 2.45) is 0 Å². The number of sulfonamides is 1. The van der Waals surface area contributed by atoms with E-state index in [0.717, 1.165) is 5.56 Å². The van der Waals surface area contributed by atoms with Crippen molar-refractivity contribution in [1.29, 1.82) is 0 Å². The number of fused-ring (bicyclic) bond motifs is 1. The Morgan fingerprint density at radius 2 is 1.81 bits per heavy atom. The molecule has 0 bridgehead atoms. The molecule has 6 nitrogen and oxygen atoms in total. The van der Waals surface area contributed by atoms with Gasteiger partial charge in [-0.3, -0.25) is 10.2 Å². The molecule has 1 amide bonds. The maximum Gasteiger partial charge on any atom is 0.268 e. The summed E-state index contributed by atoms with van der Waals surface area (Å²) in [6.45, 7) is 4.01. The first kappa shape index (κ1) is 18.1. The summed E-state index contributed by atoms with van der Waals surface area (Å²) in [6.07, 6.45) is 1.39. The number of H-pyrrole nitrogens is 1. The van der Waals surface area contributed by atoms with Gasteiger partial charge in [0.15, 0.2) is 0 Å². The predicted molar refractivity (Wildman–Crippen MR) is 96.6 cm³/mol. The normalized spacial score (nSPS) is 11.8. The minimum absolute atomic E-state index is 0.0344. The molecule has 3 N–H and O–H groups in total. The van der Waals surface area contributed by atoms with Crippen LogP contribution in [0.5, 0.6) is 0 Å². The Morgan fingerprint density at radius 3 is 2.46 bits per heavy atom. The summed E-state index contributed by atoms with van der Waals surface area (Å²) >= 11 is 0. The fraction of sp³-hybridized carbons (Fsp3) is 0.167. The van der Waals surface area contributed by atoms with Crippen molar-refractivity contribution >= 4 is 26.8 Å². The lowest BCUT2D eigenvalue weighted by molar-refractivity contribution is 0.0947. The summed E-state index contributed by atoms with van der Waals surface area (Å²) in [7, 11) is -3.92. The number of hydrogen-bond donors (Lipinski definition) is 3. The molecular formula is C18H18FN3O3S. The number of rotatable bonds is 5. The molecular weight excluding hydrogens is 357 g/mol. The zero-order valence-corrected chi connectivity index (χ0v) is 15.0. The lowest BCUT2D eigenvalue weighted by atomic mass is 10.0. The molecule has 0 aliphatic heterocycles. The van der Waals surface area contributed by atoms with E-state index in [-0.39, 0.29) is 16.4 Å². The highest BCUT2D eigenvalue weighted by Crippen LogP contribution is 2.20. The lowest BCUT2D eigenvalue weighted by Gasteiger charge is -2.10. The molecule has 0 fully saturated rings. The van der Waals surface area contributed by atoms with Crippen LogP contribution in [0.3, 0.4) is 0 Å². The summed E-state index contributed by atoms with van der Waals surface area (Å²) in [5.41, 5.74) is 3.87. The molecule has 0 saturated heterocycles. The topological polar surface area (TPSA) is 91.1 Å². The van der Waals surface area contributed by atoms with Crippen LogP contribution in [-0.2, 0) is 10.0 Å². The third-order valence-corrected chi connectivity index (χ3v) is 5.31. The second kappa shape index (κ2) is 6.89. The SMILES string of the molecule is CC(C)c1ccc(S(=O)(=O)NNC(=O)c2c[nH]c3ccc(F)cc23)cc1. The van der Waals surface area contributed by atoms with Crippen molar-refractivity contribution in [3.05, 3.63) is 65.6 Å². The molecule has 0 atom stereocenters. The van der Waals surface area contributed by atoms with E-state index in [9.17, 15) is 17.6 Å². The summed E-state index contributed by atoms with van der Waals surface area (Å²) in [5.74, 6) is -0.900. The number of nitrogens with one attached hydrogen (secondary N) is 3. The molecule has 1 aromatic heterocycles. The monoisotopic (exact) mass is 375 g/mol. The van der Waals surface area contributed by atoms with Gasteiger partial charge in [0, 0.05) is 17.1 Å². The van der Waals surface area contributed by atoms with E-state index in [2.05, 4.69) is 15.2 Å². The highest BCUT2D eigenvalue weighted by molar-refractivity contribution is 7.89. The van der Waals surface area contributed by atoms with Crippen LogP contribution >= 0.6 is 0 Å². The first-order chi connectivity index (χ1) is 12.3. The fourth-order valence-corrected chi connectivity index (χ4v) is 3.39. The van der Waals surface area contributed by atoms with Gasteiger partial charge in [0.25, 0.3) is 15.9 Å². The average Bonchev–Trinajstić information content (AvgIpc) is 3.03. The van der Waals surface area contributed by atoms with E-state index in [0.29, 0.717) is 10.9 Å². The van der Waals surface area contributed by atoms with E-state index in [1.807, 2.05) is 13.8 Å². The number of amides is 1. The number of halogens is 1. The van der Waals surface area contributed by atoms with Crippen LogP contribution in [0.1, 0.15) is 35.7 Å². The largest absolute Gasteiger partial charge is 0.360 e. The summed E-state index contributed by atoms with van der Waals surface area (Å²) in [6, 6.07) is 10.4. The standard InChI is InChI=1S/C18H18FN3O3S/c1-11(2)12-3-6-14(7-4-12)26(24,25)22-21-18(23)16-10-20-17-8-5-13(19)9-15(16)17/h3-11,20,22H,1-2H3,(H,21,23). The van der Waals surface area contributed by atoms with Crippen LogP contribution in [0.25, 0.3) is 10.9 Å². The second-order valence-corrected chi connectivity index (χ2v) is 7.86. The van der Waals surface area contributed by atoms with Gasteiger partial charge < -0.3 is 4.98 Å². The summed E-state index contributed by atoms with van der Waals surface area (Å²) in [5, 5.41) is 0.364. The fourth-order valence-electron chi connectivity index (χ4n) is 2.55. The van der Waals surface area contributed by atoms with E-state index >= 15 is 0 Å². The van der Waals surface area contributed by atoms with Crippen molar-refractivity contribution in [3.8, 4) is 0 Å². The Kier molecular flexibility index (Phi) is 4.80. The maximum absolute atomic E-state index is 13.4. The Morgan fingerprint density at radius 1 is 1.12 bits per heavy atom. The first-order valence-electron chi connectivity index (χ1n) is 7.96. The number of hydrogen-bond acceptors (Lipinski definition) is 3. The van der Waals surface area contributed by atoms with Crippen molar-refractivity contribution in [1.82, 2.24) is 15.2 Å². The number of hydrazine groups is 1. The molecule has 3 rings (SSSR count). The van der Waals surface area contributed by atoms with Gasteiger partial charge in [-0.15, -0.1) is 4.83 Å². The molecule has 136 valence electrons. The van der Waals surface area contributed by atoms with Crippen molar-refractivity contribution < 1.29 is 17.6 Å². The van der Waals surface area contributed by atoms with E-state index in [1.165, 1.54) is 36.5 Å². The molecule has 0 radical (unpaired) electrons. The van der Waals surface area contributed by atoms with Gasteiger partial charge in [-0.2, -0.15) is 0 Å². The maximum atomic E-state index is 13.4. The van der Waals surface area contributed by atoms with Crippen LogP contribution in [-0.4, -0.2) is 19.3 Å². The second-order valence-electron chi connectivity index (χ2n) is 6.18. The number of carbonyl (C=O) groups is 1.